The number of benzene rings is 2. The monoisotopic (exact) mass is 498 g/mol. The maximum atomic E-state index is 14.2. The summed E-state index contributed by atoms with van der Waals surface area (Å²) in [6, 6.07) is 11.0. The molecule has 0 spiro atoms. The van der Waals surface area contributed by atoms with E-state index < -0.39 is 18.3 Å². The van der Waals surface area contributed by atoms with Gasteiger partial charge in [-0.25, -0.2) is 4.68 Å². The molecule has 2 atom stereocenters. The third kappa shape index (κ3) is 4.16. The first-order chi connectivity index (χ1) is 16.5. The number of nitrogens with zero attached hydrogens (tertiary/aromatic N) is 4. The number of anilines is 1. The van der Waals surface area contributed by atoms with Gasteiger partial charge in [0.15, 0.2) is 16.6 Å². The molecule has 0 unspecified atom stereocenters. The van der Waals surface area contributed by atoms with Crippen LogP contribution in [-0.4, -0.2) is 30.7 Å². The topological polar surface area (TPSA) is 63.5 Å². The van der Waals surface area contributed by atoms with Crippen LogP contribution in [0.15, 0.2) is 42.5 Å². The summed E-state index contributed by atoms with van der Waals surface area (Å²) in [4.78, 5) is 0. The maximum absolute atomic E-state index is 14.2. The van der Waals surface area contributed by atoms with Crippen molar-refractivity contribution in [2.24, 2.45) is 0 Å². The highest BCUT2D eigenvalue weighted by molar-refractivity contribution is 7.71. The summed E-state index contributed by atoms with van der Waals surface area (Å²) in [5.74, 6) is 0.646. The van der Waals surface area contributed by atoms with Crippen LogP contribution in [-0.2, 0) is 0 Å². The van der Waals surface area contributed by atoms with E-state index in [4.69, 9.17) is 12.2 Å². The normalized spacial score (nSPS) is 17.8. The Labute approximate surface area is 205 Å². The molecular formula is C25H25F3N6S. The molecule has 6 nitrogen and oxygen atoms in total. The first-order valence-corrected chi connectivity index (χ1v) is 11.7. The van der Waals surface area contributed by atoms with Crippen molar-refractivity contribution in [2.45, 2.75) is 52.4 Å². The number of aromatic amines is 1. The van der Waals surface area contributed by atoms with Gasteiger partial charge in [-0.3, -0.25) is 9.67 Å². The predicted molar refractivity (Wildman–Crippen MR) is 131 cm³/mol. The molecule has 5 rings (SSSR count). The van der Waals surface area contributed by atoms with E-state index in [9.17, 15) is 13.2 Å². The zero-order valence-corrected chi connectivity index (χ0v) is 20.6. The second-order valence-electron chi connectivity index (χ2n) is 9.17. The van der Waals surface area contributed by atoms with Crippen LogP contribution in [0.1, 0.15) is 46.3 Å². The highest BCUT2D eigenvalue weighted by Gasteiger charge is 2.46. The van der Waals surface area contributed by atoms with Gasteiger partial charge >= 0.3 is 6.18 Å². The van der Waals surface area contributed by atoms with Gasteiger partial charge in [-0.15, -0.1) is 0 Å². The van der Waals surface area contributed by atoms with Gasteiger partial charge in [-0.1, -0.05) is 35.9 Å². The number of nitrogens with one attached hydrogen (secondary N) is 2. The summed E-state index contributed by atoms with van der Waals surface area (Å²) in [5, 5.41) is 14.7. The quantitative estimate of drug-likeness (QED) is 0.309. The van der Waals surface area contributed by atoms with Gasteiger partial charge in [0.1, 0.15) is 11.5 Å². The molecule has 35 heavy (non-hydrogen) atoms. The third-order valence-corrected chi connectivity index (χ3v) is 6.89. The van der Waals surface area contributed by atoms with Crippen molar-refractivity contribution >= 4 is 18.0 Å². The van der Waals surface area contributed by atoms with Gasteiger partial charge in [0, 0.05) is 12.5 Å². The van der Waals surface area contributed by atoms with Crippen LogP contribution < -0.4 is 5.32 Å². The molecule has 4 aromatic rings. The lowest BCUT2D eigenvalue weighted by molar-refractivity contribution is -0.173. The molecule has 3 heterocycles. The predicted octanol–water partition coefficient (Wildman–Crippen LogP) is 6.69. The molecule has 0 amide bonds. The van der Waals surface area contributed by atoms with E-state index in [1.54, 1.807) is 10.6 Å². The minimum atomic E-state index is -4.46. The van der Waals surface area contributed by atoms with Crippen LogP contribution >= 0.6 is 12.2 Å². The van der Waals surface area contributed by atoms with Crippen LogP contribution in [0, 0.1) is 32.5 Å². The highest BCUT2D eigenvalue weighted by atomic mass is 32.1. The average molecular weight is 499 g/mol. The molecule has 2 N–H and O–H groups in total. The van der Waals surface area contributed by atoms with Crippen LogP contribution in [0.5, 0.6) is 0 Å². The summed E-state index contributed by atoms with van der Waals surface area (Å²) in [6.07, 6.45) is -4.62. The SMILES string of the molecule is Cc1ccc(-n2c(-c3cc4n(n3)[C@@H](C(F)(F)F)C[C@@H](c3ccc(C)c(C)c3)N4)n[nH]c2=S)c(C)c1. The average Bonchev–Trinajstić information content (AvgIpc) is 3.37. The smallest absolute Gasteiger partial charge is 0.363 e. The highest BCUT2D eigenvalue weighted by Crippen LogP contribution is 2.44. The summed E-state index contributed by atoms with van der Waals surface area (Å²) in [5.41, 5.74) is 6.10. The molecule has 0 fully saturated rings. The second-order valence-corrected chi connectivity index (χ2v) is 9.56. The van der Waals surface area contributed by atoms with Crippen molar-refractivity contribution in [3.8, 4) is 17.2 Å². The van der Waals surface area contributed by atoms with Gasteiger partial charge < -0.3 is 5.32 Å². The molecule has 0 aliphatic carbocycles. The Balaban J connectivity index is 1.61. The Morgan fingerprint density at radius 1 is 0.971 bits per heavy atom. The van der Waals surface area contributed by atoms with E-state index in [1.807, 2.05) is 64.1 Å². The Hall–Kier alpha value is -3.40. The summed E-state index contributed by atoms with van der Waals surface area (Å²) < 4.78 is 45.6. The Bertz CT molecular complexity index is 1480. The maximum Gasteiger partial charge on any atom is 0.410 e. The number of alkyl halides is 3. The Morgan fingerprint density at radius 3 is 2.43 bits per heavy atom. The third-order valence-electron chi connectivity index (χ3n) is 6.62. The number of H-pyrrole nitrogens is 1. The summed E-state index contributed by atoms with van der Waals surface area (Å²) >= 11 is 5.46. The zero-order valence-electron chi connectivity index (χ0n) is 19.7. The van der Waals surface area contributed by atoms with Gasteiger partial charge in [0.05, 0.1) is 11.7 Å². The molecule has 0 bridgehead atoms. The van der Waals surface area contributed by atoms with Crippen molar-refractivity contribution in [3.05, 3.63) is 75.1 Å². The molecule has 1 aliphatic heterocycles. The number of fused-ring (bicyclic) bond motifs is 1. The number of aromatic nitrogens is 5. The van der Waals surface area contributed by atoms with Crippen molar-refractivity contribution in [3.63, 3.8) is 0 Å². The number of hydrogen-bond donors (Lipinski definition) is 2. The molecular weight excluding hydrogens is 473 g/mol. The van der Waals surface area contributed by atoms with Gasteiger partial charge in [-0.05, 0) is 68.2 Å². The lowest BCUT2D eigenvalue weighted by Gasteiger charge is -2.33. The van der Waals surface area contributed by atoms with Crippen LogP contribution in [0.3, 0.4) is 0 Å². The first kappa shape index (κ1) is 23.3. The summed E-state index contributed by atoms with van der Waals surface area (Å²) in [7, 11) is 0. The van der Waals surface area contributed by atoms with Gasteiger partial charge in [0.25, 0.3) is 0 Å². The second kappa shape index (κ2) is 8.37. The largest absolute Gasteiger partial charge is 0.410 e. The fraction of sp³-hybridized carbons (Fsp3) is 0.320. The number of aryl methyl sites for hydroxylation is 4. The molecule has 1 aliphatic rings. The molecule has 2 aromatic heterocycles. The number of halogens is 3. The van der Waals surface area contributed by atoms with Crippen LogP contribution in [0.2, 0.25) is 0 Å². The van der Waals surface area contributed by atoms with E-state index in [0.29, 0.717) is 16.3 Å². The van der Waals surface area contributed by atoms with Crippen LogP contribution in [0.25, 0.3) is 17.2 Å². The van der Waals surface area contributed by atoms with Gasteiger partial charge in [0.2, 0.25) is 0 Å². The molecule has 0 saturated heterocycles. The summed E-state index contributed by atoms with van der Waals surface area (Å²) in [6.45, 7) is 7.88. The van der Waals surface area contributed by atoms with E-state index in [1.165, 1.54) is 0 Å². The fourth-order valence-corrected chi connectivity index (χ4v) is 4.86. The molecule has 10 heteroatoms. The van der Waals surface area contributed by atoms with Crippen molar-refractivity contribution in [1.29, 1.82) is 0 Å². The fourth-order valence-electron chi connectivity index (χ4n) is 4.63. The molecule has 182 valence electrons. The molecule has 0 saturated carbocycles. The lowest BCUT2D eigenvalue weighted by atomic mass is 9.94. The van der Waals surface area contributed by atoms with Crippen molar-refractivity contribution < 1.29 is 13.2 Å². The van der Waals surface area contributed by atoms with E-state index in [0.717, 1.165) is 38.2 Å². The lowest BCUT2D eigenvalue weighted by Crippen LogP contribution is -2.35. The molecule has 2 aromatic carbocycles. The van der Waals surface area contributed by atoms with Gasteiger partial charge in [-0.2, -0.15) is 23.4 Å². The van der Waals surface area contributed by atoms with Crippen molar-refractivity contribution in [1.82, 2.24) is 24.5 Å². The number of rotatable bonds is 3. The van der Waals surface area contributed by atoms with E-state index in [2.05, 4.69) is 20.6 Å². The van der Waals surface area contributed by atoms with Crippen molar-refractivity contribution in [2.75, 3.05) is 5.32 Å². The molecule has 0 radical (unpaired) electrons. The Morgan fingerprint density at radius 2 is 1.74 bits per heavy atom. The van der Waals surface area contributed by atoms with E-state index in [-0.39, 0.29) is 12.2 Å². The first-order valence-electron chi connectivity index (χ1n) is 11.3. The minimum absolute atomic E-state index is 0.163. The zero-order chi connectivity index (χ0) is 25.1. The standard InChI is InChI=1S/C25H25F3N6S/c1-13-5-8-20(16(4)9-13)33-23(30-31-24(33)35)19-12-22-29-18(17-7-6-14(2)15(3)10-17)11-21(25(26,27)28)34(22)32-19/h5-10,12,18,21,29H,11H2,1-4H3,(H,31,35)/t18-,21+/m0/s1. The van der Waals surface area contributed by atoms with E-state index >= 15 is 0 Å². The minimum Gasteiger partial charge on any atom is -0.363 e. The van der Waals surface area contributed by atoms with Crippen LogP contribution in [0.4, 0.5) is 19.0 Å². The number of hydrogen-bond acceptors (Lipinski definition) is 4. The Kier molecular flexibility index (Phi) is 5.58.